The van der Waals surface area contributed by atoms with E-state index < -0.39 is 12.2 Å². The summed E-state index contributed by atoms with van der Waals surface area (Å²) in [7, 11) is 0. The van der Waals surface area contributed by atoms with E-state index in [1.165, 1.54) is 43.6 Å². The van der Waals surface area contributed by atoms with Crippen molar-refractivity contribution >= 4 is 90.9 Å². The van der Waals surface area contributed by atoms with Crippen LogP contribution in [0, 0.1) is 0 Å². The number of rotatable bonds is 18. The van der Waals surface area contributed by atoms with Gasteiger partial charge in [0, 0.05) is 73.3 Å². The van der Waals surface area contributed by atoms with E-state index in [0.29, 0.717) is 24.6 Å². The SMILES string of the molecule is CCn1c2ccccc2c2cc(/C=N\N(CC(O)CSCSCC(O)CN(/N=C\c3ccc4c(c3)c3ccccc3n4CC)c3ccccc3)c3ccccc3)ccc21. The predicted molar refractivity (Wildman–Crippen MR) is 255 cm³/mol. The van der Waals surface area contributed by atoms with Crippen molar-refractivity contribution in [2.24, 2.45) is 10.2 Å². The molecule has 0 radical (unpaired) electrons. The van der Waals surface area contributed by atoms with Crippen molar-refractivity contribution in [3.05, 3.63) is 157 Å². The number of aliphatic hydroxyl groups excluding tert-OH is 2. The second-order valence-corrected chi connectivity index (χ2v) is 17.0. The van der Waals surface area contributed by atoms with E-state index in [-0.39, 0.29) is 0 Å². The number of aromatic nitrogens is 2. The smallest absolute Gasteiger partial charge is 0.0826 e. The lowest BCUT2D eigenvalue weighted by atomic mass is 10.1. The topological polar surface area (TPSA) is 81.5 Å². The lowest BCUT2D eigenvalue weighted by Gasteiger charge is -2.23. The molecule has 0 saturated heterocycles. The maximum Gasteiger partial charge on any atom is 0.0826 e. The standard InChI is InChI=1S/C49H50N6O2S2/c1-3-52-46-21-13-11-19-42(46)44-27-36(23-25-48(44)52)29-50-54(38-15-7-5-8-16-38)31-40(56)33-58-35-59-34-41(57)32-55(39-17-9-6-10-18-39)51-30-37-24-26-49-45(28-37)43-20-12-14-22-47(43)53(49)4-2/h5-30,40-41,56-57H,3-4,31-35H2,1-2H3/b50-29-,51-30-. The lowest BCUT2D eigenvalue weighted by molar-refractivity contribution is 0.205. The second-order valence-electron chi connectivity index (χ2n) is 14.6. The zero-order chi connectivity index (χ0) is 40.6. The Hall–Kier alpha value is -5.52. The number of hydrazone groups is 2. The van der Waals surface area contributed by atoms with Gasteiger partial charge in [0.1, 0.15) is 0 Å². The number of aliphatic hydroxyl groups is 2. The Morgan fingerprint density at radius 2 is 0.898 bits per heavy atom. The minimum atomic E-state index is -0.603. The van der Waals surface area contributed by atoms with Crippen LogP contribution in [-0.2, 0) is 13.1 Å². The summed E-state index contributed by atoms with van der Waals surface area (Å²) < 4.78 is 4.69. The molecule has 0 saturated carbocycles. The molecule has 0 spiro atoms. The molecule has 2 aromatic heterocycles. The van der Waals surface area contributed by atoms with E-state index in [1.807, 2.05) is 83.1 Å². The summed E-state index contributed by atoms with van der Waals surface area (Å²) in [5, 5.41) is 41.5. The molecular formula is C49H50N6O2S2. The van der Waals surface area contributed by atoms with Gasteiger partial charge in [-0.25, -0.2) is 0 Å². The normalized spacial score (nSPS) is 13.1. The quantitative estimate of drug-likeness (QED) is 0.0388. The Bertz CT molecular complexity index is 2510. The molecule has 0 aliphatic carbocycles. The molecule has 0 fully saturated rings. The van der Waals surface area contributed by atoms with E-state index in [1.54, 1.807) is 23.5 Å². The number of para-hydroxylation sites is 4. The van der Waals surface area contributed by atoms with Gasteiger partial charge in [0.05, 0.1) is 49.1 Å². The van der Waals surface area contributed by atoms with Gasteiger partial charge >= 0.3 is 0 Å². The summed E-state index contributed by atoms with van der Waals surface area (Å²) in [4.78, 5) is 0. The van der Waals surface area contributed by atoms with Crippen molar-refractivity contribution in [1.82, 2.24) is 9.13 Å². The third-order valence-electron chi connectivity index (χ3n) is 10.6. The average molecular weight is 819 g/mol. The van der Waals surface area contributed by atoms with Gasteiger partial charge in [-0.05, 0) is 85.6 Å². The van der Waals surface area contributed by atoms with Crippen LogP contribution in [-0.4, -0.2) is 73.7 Å². The highest BCUT2D eigenvalue weighted by Crippen LogP contribution is 2.31. The van der Waals surface area contributed by atoms with Crippen LogP contribution in [0.4, 0.5) is 11.4 Å². The fraction of sp³-hybridized carbons (Fsp3) is 0.224. The highest BCUT2D eigenvalue weighted by Gasteiger charge is 2.16. The van der Waals surface area contributed by atoms with E-state index in [0.717, 1.165) is 40.7 Å². The first-order valence-corrected chi connectivity index (χ1v) is 22.6. The minimum Gasteiger partial charge on any atom is -0.390 e. The molecule has 6 aromatic carbocycles. The van der Waals surface area contributed by atoms with Gasteiger partial charge in [-0.15, -0.1) is 23.5 Å². The third kappa shape index (κ3) is 9.21. The highest BCUT2D eigenvalue weighted by molar-refractivity contribution is 8.16. The monoisotopic (exact) mass is 818 g/mol. The number of fused-ring (bicyclic) bond motifs is 6. The predicted octanol–water partition coefficient (Wildman–Crippen LogP) is 10.5. The van der Waals surface area contributed by atoms with Crippen molar-refractivity contribution in [3.8, 4) is 0 Å². The van der Waals surface area contributed by atoms with Gasteiger partial charge in [-0.3, -0.25) is 10.0 Å². The van der Waals surface area contributed by atoms with Crippen LogP contribution < -0.4 is 10.0 Å². The van der Waals surface area contributed by atoms with Crippen LogP contribution in [0.25, 0.3) is 43.6 Å². The van der Waals surface area contributed by atoms with Crippen LogP contribution in [0.5, 0.6) is 0 Å². The summed E-state index contributed by atoms with van der Waals surface area (Å²) in [6.07, 6.45) is 2.56. The highest BCUT2D eigenvalue weighted by atomic mass is 32.2. The van der Waals surface area contributed by atoms with Gasteiger partial charge in [-0.2, -0.15) is 10.2 Å². The Morgan fingerprint density at radius 3 is 1.32 bits per heavy atom. The fourth-order valence-electron chi connectivity index (χ4n) is 7.83. The molecule has 2 heterocycles. The van der Waals surface area contributed by atoms with E-state index in [4.69, 9.17) is 10.2 Å². The fourth-order valence-corrected chi connectivity index (χ4v) is 9.82. The van der Waals surface area contributed by atoms with Crippen LogP contribution in [0.1, 0.15) is 25.0 Å². The van der Waals surface area contributed by atoms with Crippen molar-refractivity contribution in [2.45, 2.75) is 39.1 Å². The molecule has 2 N–H and O–H groups in total. The summed E-state index contributed by atoms with van der Waals surface area (Å²) >= 11 is 3.33. The molecule has 8 nitrogen and oxygen atoms in total. The zero-order valence-electron chi connectivity index (χ0n) is 33.5. The second kappa shape index (κ2) is 19.0. The van der Waals surface area contributed by atoms with Gasteiger partial charge in [0.25, 0.3) is 0 Å². The molecule has 8 rings (SSSR count). The number of hydrogen-bond donors (Lipinski definition) is 2. The molecule has 300 valence electrons. The number of anilines is 2. The van der Waals surface area contributed by atoms with Crippen molar-refractivity contribution in [2.75, 3.05) is 39.7 Å². The Balaban J connectivity index is 0.863. The summed E-state index contributed by atoms with van der Waals surface area (Å²) in [5.74, 6) is 1.10. The lowest BCUT2D eigenvalue weighted by Crippen LogP contribution is -2.30. The van der Waals surface area contributed by atoms with Crippen LogP contribution >= 0.6 is 23.5 Å². The molecule has 2 unspecified atom stereocenters. The van der Waals surface area contributed by atoms with E-state index in [2.05, 4.69) is 108 Å². The maximum absolute atomic E-state index is 11.2. The summed E-state index contributed by atoms with van der Waals surface area (Å²) in [6, 6.07) is 50.0. The summed E-state index contributed by atoms with van der Waals surface area (Å²) in [5.41, 5.74) is 8.75. The van der Waals surface area contributed by atoms with Crippen LogP contribution in [0.2, 0.25) is 0 Å². The van der Waals surface area contributed by atoms with Crippen molar-refractivity contribution in [3.63, 3.8) is 0 Å². The first-order chi connectivity index (χ1) is 29.0. The first-order valence-electron chi connectivity index (χ1n) is 20.3. The first kappa shape index (κ1) is 40.3. The van der Waals surface area contributed by atoms with Crippen molar-refractivity contribution < 1.29 is 10.2 Å². The number of benzene rings is 6. The van der Waals surface area contributed by atoms with Crippen LogP contribution in [0.15, 0.2) is 156 Å². The van der Waals surface area contributed by atoms with Gasteiger partial charge in [-0.1, -0.05) is 84.9 Å². The molecule has 59 heavy (non-hydrogen) atoms. The number of nitrogens with zero attached hydrogens (tertiary/aromatic N) is 6. The number of aryl methyl sites for hydroxylation is 2. The Labute approximate surface area is 354 Å². The molecule has 0 bridgehead atoms. The van der Waals surface area contributed by atoms with Gasteiger partial charge < -0.3 is 19.3 Å². The van der Waals surface area contributed by atoms with Gasteiger partial charge in [0.2, 0.25) is 0 Å². The number of thioether (sulfide) groups is 2. The molecular weight excluding hydrogens is 769 g/mol. The third-order valence-corrected chi connectivity index (χ3v) is 13.2. The van der Waals surface area contributed by atoms with E-state index >= 15 is 0 Å². The molecule has 8 aromatic rings. The number of hydrogen-bond acceptors (Lipinski definition) is 8. The maximum atomic E-state index is 11.2. The van der Waals surface area contributed by atoms with Crippen molar-refractivity contribution in [1.29, 1.82) is 0 Å². The molecule has 0 aliphatic rings. The summed E-state index contributed by atoms with van der Waals surface area (Å²) in [6.45, 7) is 6.88. The van der Waals surface area contributed by atoms with Gasteiger partial charge in [0.15, 0.2) is 0 Å². The zero-order valence-corrected chi connectivity index (χ0v) is 35.1. The Morgan fingerprint density at radius 1 is 0.508 bits per heavy atom. The minimum absolute atomic E-state index is 0.357. The van der Waals surface area contributed by atoms with Crippen LogP contribution in [0.3, 0.4) is 0 Å². The molecule has 0 amide bonds. The average Bonchev–Trinajstić information content (AvgIpc) is 3.78. The largest absolute Gasteiger partial charge is 0.390 e. The Kier molecular flexibility index (Phi) is 13.0. The van der Waals surface area contributed by atoms with E-state index in [9.17, 15) is 10.2 Å². The molecule has 0 aliphatic heterocycles. The molecule has 2 atom stereocenters. The molecule has 10 heteroatoms.